The number of halogens is 3. The molecule has 29 heavy (non-hydrogen) atoms. The van der Waals surface area contributed by atoms with Crippen LogP contribution in [0.5, 0.6) is 0 Å². The third-order valence-corrected chi connectivity index (χ3v) is 4.86. The Bertz CT molecular complexity index is 898. The van der Waals surface area contributed by atoms with Crippen molar-refractivity contribution in [2.75, 3.05) is 6.54 Å². The largest absolute Gasteiger partial charge is 0.490 e. The highest BCUT2D eigenvalue weighted by Gasteiger charge is 2.59. The molecule has 3 aliphatic heterocycles. The van der Waals surface area contributed by atoms with Crippen LogP contribution in [0.1, 0.15) is 12.0 Å². The molecule has 3 aliphatic rings. The Labute approximate surface area is 162 Å². The molecule has 154 valence electrons. The fraction of sp³-hybridized carbons (Fsp3) is 0.333. The van der Waals surface area contributed by atoms with E-state index in [1.807, 2.05) is 18.2 Å². The van der Waals surface area contributed by atoms with Crippen molar-refractivity contribution in [3.8, 4) is 0 Å². The van der Waals surface area contributed by atoms with Crippen LogP contribution >= 0.6 is 0 Å². The molecule has 8 nitrogen and oxygen atoms in total. The van der Waals surface area contributed by atoms with Gasteiger partial charge in [-0.2, -0.15) is 13.2 Å². The smallest absolute Gasteiger partial charge is 0.477 e. The Morgan fingerprint density at radius 1 is 1.28 bits per heavy atom. The number of nitrogens with zero attached hydrogens (tertiary/aromatic N) is 2. The molecular weight excluding hydrogens is 395 g/mol. The third-order valence-electron chi connectivity index (χ3n) is 4.86. The van der Waals surface area contributed by atoms with Crippen molar-refractivity contribution in [3.63, 3.8) is 0 Å². The molecule has 0 aromatic carbocycles. The minimum atomic E-state index is -5.08. The maximum absolute atomic E-state index is 12.1. The summed E-state index contributed by atoms with van der Waals surface area (Å²) < 4.78 is 31.7. The third kappa shape index (κ3) is 3.99. The molecule has 1 aromatic heterocycles. The van der Waals surface area contributed by atoms with Crippen molar-refractivity contribution in [2.45, 2.75) is 24.7 Å². The number of hydrogen-bond acceptors (Lipinski definition) is 5. The Morgan fingerprint density at radius 2 is 1.97 bits per heavy atom. The number of aliphatic carboxylic acids is 2. The van der Waals surface area contributed by atoms with Crippen LogP contribution in [-0.4, -0.2) is 62.7 Å². The number of carboxylic acids is 2. The van der Waals surface area contributed by atoms with Gasteiger partial charge in [-0.05, 0) is 29.5 Å². The molecule has 2 saturated heterocycles. The maximum atomic E-state index is 12.1. The van der Waals surface area contributed by atoms with Crippen LogP contribution < -0.4 is 5.32 Å². The zero-order valence-corrected chi connectivity index (χ0v) is 14.8. The predicted octanol–water partition coefficient (Wildman–Crippen LogP) is 1.27. The molecule has 0 saturated carbocycles. The Kier molecular flexibility index (Phi) is 5.42. The fourth-order valence-electron chi connectivity index (χ4n) is 3.64. The summed E-state index contributed by atoms with van der Waals surface area (Å²) >= 11 is 0. The van der Waals surface area contributed by atoms with E-state index in [-0.39, 0.29) is 23.7 Å². The standard InChI is InChI=1S/C16H15N3O3.C2HF3O2/c20-15-12-13-11(8-18-12)6-10(14(16(21)22)19(13)15)4-3-9-2-1-5-17-7-9;3-2(4,5)1(6)7/h1-5,7,11-13,18H,6,8H2,(H,21,22);(H,6,7)/b4-3+;/t11-,12+,13-;/m1./s1. The second-order valence-electron chi connectivity index (χ2n) is 6.65. The van der Waals surface area contributed by atoms with Gasteiger partial charge in [-0.1, -0.05) is 18.2 Å². The number of amides is 1. The molecular formula is C18H16F3N3O5. The number of hydrogen-bond donors (Lipinski definition) is 3. The molecule has 0 radical (unpaired) electrons. The van der Waals surface area contributed by atoms with E-state index in [1.54, 1.807) is 18.5 Å². The SMILES string of the molecule is O=C(O)C(F)(F)F.O=C(O)C1=C(/C=C/c2cccnc2)C[C@@H]2CN[C@@H]3C(=O)N1[C@H]23. The van der Waals surface area contributed by atoms with Crippen LogP contribution in [0.15, 0.2) is 41.9 Å². The molecule has 3 N–H and O–H groups in total. The lowest BCUT2D eigenvalue weighted by molar-refractivity contribution is -0.192. The van der Waals surface area contributed by atoms with Crippen molar-refractivity contribution in [2.24, 2.45) is 5.92 Å². The van der Waals surface area contributed by atoms with Crippen LogP contribution in [0.2, 0.25) is 0 Å². The summed E-state index contributed by atoms with van der Waals surface area (Å²) in [6.45, 7) is 0.759. The van der Waals surface area contributed by atoms with E-state index >= 15 is 0 Å². The van der Waals surface area contributed by atoms with Gasteiger partial charge in [0.25, 0.3) is 0 Å². The zero-order chi connectivity index (χ0) is 21.3. The van der Waals surface area contributed by atoms with E-state index in [0.29, 0.717) is 17.9 Å². The first kappa shape index (κ1) is 20.5. The average Bonchev–Trinajstić information content (AvgIpc) is 3.06. The summed E-state index contributed by atoms with van der Waals surface area (Å²) in [5, 5.41) is 19.8. The first-order valence-corrected chi connectivity index (χ1v) is 8.52. The van der Waals surface area contributed by atoms with Gasteiger partial charge < -0.3 is 15.5 Å². The van der Waals surface area contributed by atoms with Crippen molar-refractivity contribution in [1.29, 1.82) is 0 Å². The summed E-state index contributed by atoms with van der Waals surface area (Å²) in [7, 11) is 0. The predicted molar refractivity (Wildman–Crippen MR) is 92.2 cm³/mol. The number of allylic oxidation sites excluding steroid dienone is 2. The van der Waals surface area contributed by atoms with Crippen molar-refractivity contribution >= 4 is 23.9 Å². The second kappa shape index (κ2) is 7.66. The number of carboxylic acid groups (broad SMARTS) is 2. The van der Waals surface area contributed by atoms with E-state index in [2.05, 4.69) is 10.3 Å². The Hall–Kier alpha value is -3.21. The van der Waals surface area contributed by atoms with Gasteiger partial charge in [0.1, 0.15) is 11.7 Å². The highest BCUT2D eigenvalue weighted by atomic mass is 19.4. The van der Waals surface area contributed by atoms with Crippen LogP contribution in [0.25, 0.3) is 6.08 Å². The lowest BCUT2D eigenvalue weighted by Crippen LogP contribution is -2.68. The van der Waals surface area contributed by atoms with E-state index in [1.165, 1.54) is 4.90 Å². The van der Waals surface area contributed by atoms with Crippen LogP contribution in [-0.2, 0) is 14.4 Å². The van der Waals surface area contributed by atoms with Crippen molar-refractivity contribution in [3.05, 3.63) is 47.4 Å². The lowest BCUT2D eigenvalue weighted by atomic mass is 9.79. The molecule has 0 bridgehead atoms. The molecule has 4 rings (SSSR count). The second-order valence-corrected chi connectivity index (χ2v) is 6.65. The highest BCUT2D eigenvalue weighted by Crippen LogP contribution is 2.43. The monoisotopic (exact) mass is 411 g/mol. The van der Waals surface area contributed by atoms with Gasteiger partial charge in [-0.15, -0.1) is 0 Å². The van der Waals surface area contributed by atoms with Gasteiger partial charge in [-0.25, -0.2) is 9.59 Å². The van der Waals surface area contributed by atoms with E-state index < -0.39 is 18.1 Å². The van der Waals surface area contributed by atoms with Gasteiger partial charge in [0.05, 0.1) is 6.04 Å². The van der Waals surface area contributed by atoms with Crippen molar-refractivity contribution in [1.82, 2.24) is 15.2 Å². The fourth-order valence-corrected chi connectivity index (χ4v) is 3.64. The summed E-state index contributed by atoms with van der Waals surface area (Å²) in [5.41, 5.74) is 1.73. The minimum Gasteiger partial charge on any atom is -0.477 e. The number of rotatable bonds is 3. The van der Waals surface area contributed by atoms with Gasteiger partial charge in [-0.3, -0.25) is 14.7 Å². The lowest BCUT2D eigenvalue weighted by Gasteiger charge is -2.48. The van der Waals surface area contributed by atoms with E-state index in [9.17, 15) is 27.9 Å². The van der Waals surface area contributed by atoms with E-state index in [4.69, 9.17) is 9.90 Å². The van der Waals surface area contributed by atoms with Gasteiger partial charge in [0, 0.05) is 18.9 Å². The summed E-state index contributed by atoms with van der Waals surface area (Å²) in [5.74, 6) is -3.63. The number of nitrogens with one attached hydrogen (secondary N) is 1. The van der Waals surface area contributed by atoms with Gasteiger partial charge >= 0.3 is 18.1 Å². The van der Waals surface area contributed by atoms with Crippen molar-refractivity contribution < 1.29 is 37.8 Å². The van der Waals surface area contributed by atoms with Crippen LogP contribution in [0, 0.1) is 5.92 Å². The molecule has 11 heteroatoms. The Balaban J connectivity index is 0.000000298. The number of carbonyl (C=O) groups is 3. The van der Waals surface area contributed by atoms with Gasteiger partial charge in [0.2, 0.25) is 5.91 Å². The van der Waals surface area contributed by atoms with E-state index in [0.717, 1.165) is 12.1 Å². The van der Waals surface area contributed by atoms with Crippen LogP contribution in [0.3, 0.4) is 0 Å². The highest BCUT2D eigenvalue weighted by molar-refractivity contribution is 6.01. The molecule has 0 spiro atoms. The summed E-state index contributed by atoms with van der Waals surface area (Å²) in [6.07, 6.45) is 2.64. The summed E-state index contributed by atoms with van der Waals surface area (Å²) in [6, 6.07) is 3.54. The molecule has 0 unspecified atom stereocenters. The number of pyridine rings is 1. The number of aromatic nitrogens is 1. The van der Waals surface area contributed by atoms with Gasteiger partial charge in [0.15, 0.2) is 0 Å². The maximum Gasteiger partial charge on any atom is 0.490 e. The average molecular weight is 411 g/mol. The molecule has 1 amide bonds. The molecule has 0 aliphatic carbocycles. The van der Waals surface area contributed by atoms with Crippen LogP contribution in [0.4, 0.5) is 13.2 Å². The number of alkyl halides is 3. The quantitative estimate of drug-likeness (QED) is 0.641. The molecule has 4 heterocycles. The minimum absolute atomic E-state index is 0.00846. The molecule has 1 aromatic rings. The number of β-lactam (4-membered cyclic amide) rings is 1. The summed E-state index contributed by atoms with van der Waals surface area (Å²) in [4.78, 5) is 38.1. The molecule has 3 atom stereocenters. The zero-order valence-electron chi connectivity index (χ0n) is 14.8. The molecule has 2 fully saturated rings. The first-order valence-electron chi connectivity index (χ1n) is 8.52. The Morgan fingerprint density at radius 3 is 2.52 bits per heavy atom. The topological polar surface area (TPSA) is 120 Å². The normalized spacial score (nSPS) is 25.3. The first-order chi connectivity index (χ1) is 13.6. The number of carbonyl (C=O) groups excluding carboxylic acids is 1.